The van der Waals surface area contributed by atoms with E-state index >= 15 is 0 Å². The fraction of sp³-hybridized carbons (Fsp3) is 0.639. The van der Waals surface area contributed by atoms with E-state index in [9.17, 15) is 19.2 Å². The lowest BCUT2D eigenvalue weighted by Gasteiger charge is -2.40. The van der Waals surface area contributed by atoms with E-state index in [0.29, 0.717) is 37.3 Å². The van der Waals surface area contributed by atoms with E-state index in [1.807, 2.05) is 50.3 Å². The van der Waals surface area contributed by atoms with Gasteiger partial charge in [-0.25, -0.2) is 4.98 Å². The summed E-state index contributed by atoms with van der Waals surface area (Å²) in [6.45, 7) is 11.3. The van der Waals surface area contributed by atoms with Gasteiger partial charge in [-0.3, -0.25) is 19.2 Å². The van der Waals surface area contributed by atoms with Crippen LogP contribution in [0.2, 0.25) is 0 Å². The predicted octanol–water partition coefficient (Wildman–Crippen LogP) is 2.96. The molecule has 2 heterocycles. The topological polar surface area (TPSA) is 161 Å². The first-order valence-electron chi connectivity index (χ1n) is 17.4. The second-order valence-electron chi connectivity index (χ2n) is 13.5. The van der Waals surface area contributed by atoms with Crippen molar-refractivity contribution in [3.05, 3.63) is 48.5 Å². The summed E-state index contributed by atoms with van der Waals surface area (Å²) in [5.74, 6) is -1.58. The highest BCUT2D eigenvalue weighted by Gasteiger charge is 2.42. The zero-order valence-corrected chi connectivity index (χ0v) is 30.4. The smallest absolute Gasteiger partial charge is 0.251 e. The average Bonchev–Trinajstić information content (AvgIpc) is 3.79. The molecule has 1 aromatic carbocycles. The van der Waals surface area contributed by atoms with Crippen LogP contribution in [0, 0.1) is 17.8 Å². The van der Waals surface area contributed by atoms with Gasteiger partial charge in [-0.15, -0.1) is 0 Å². The van der Waals surface area contributed by atoms with Crippen LogP contribution < -0.4 is 16.4 Å². The Morgan fingerprint density at radius 3 is 2.35 bits per heavy atom. The van der Waals surface area contributed by atoms with Gasteiger partial charge in [-0.05, 0) is 48.9 Å². The van der Waals surface area contributed by atoms with Crippen molar-refractivity contribution in [1.82, 2.24) is 30.0 Å². The number of aromatic nitrogens is 2. The predicted molar refractivity (Wildman–Crippen MR) is 188 cm³/mol. The van der Waals surface area contributed by atoms with Crippen LogP contribution in [-0.4, -0.2) is 108 Å². The quantitative estimate of drug-likeness (QED) is 0.202. The minimum Gasteiger partial charge on any atom is -0.399 e. The molecule has 1 aliphatic rings. The van der Waals surface area contributed by atoms with E-state index in [0.717, 1.165) is 12.8 Å². The summed E-state index contributed by atoms with van der Waals surface area (Å²) in [4.78, 5) is 61.8. The Kier molecular flexibility index (Phi) is 15.1. The third-order valence-electron chi connectivity index (χ3n) is 9.88. The van der Waals surface area contributed by atoms with Crippen LogP contribution in [0.25, 0.3) is 0 Å². The number of nitrogens with zero attached hydrogens (tertiary/aromatic N) is 4. The Morgan fingerprint density at radius 2 is 1.78 bits per heavy atom. The van der Waals surface area contributed by atoms with Crippen molar-refractivity contribution in [1.29, 1.82) is 0 Å². The number of nitrogens with one attached hydrogen (secondary N) is 2. The lowest BCUT2D eigenvalue weighted by molar-refractivity contribution is -0.146. The molecule has 1 saturated heterocycles. The van der Waals surface area contributed by atoms with E-state index in [-0.39, 0.29) is 47.9 Å². The lowest BCUT2D eigenvalue weighted by Crippen LogP contribution is -2.57. The van der Waals surface area contributed by atoms with Crippen LogP contribution in [0.1, 0.15) is 70.7 Å². The van der Waals surface area contributed by atoms with Gasteiger partial charge in [0, 0.05) is 64.5 Å². The molecule has 0 spiro atoms. The summed E-state index contributed by atoms with van der Waals surface area (Å²) in [5.41, 5.74) is 6.73. The highest BCUT2D eigenvalue weighted by Crippen LogP contribution is 2.29. The van der Waals surface area contributed by atoms with Crippen molar-refractivity contribution in [2.75, 3.05) is 40.1 Å². The number of likely N-dealkylation sites (N-methyl/N-ethyl adjacent to an activating group) is 1. The molecule has 13 heteroatoms. The maximum Gasteiger partial charge on any atom is 0.251 e. The van der Waals surface area contributed by atoms with E-state index in [2.05, 4.69) is 15.6 Å². The zero-order chi connectivity index (χ0) is 36.2. The number of methoxy groups -OCH3 is 2. The molecular weight excluding hydrogens is 626 g/mol. The number of imidazole rings is 1. The van der Waals surface area contributed by atoms with Crippen LogP contribution in [0.3, 0.4) is 0 Å². The number of amides is 4. The van der Waals surface area contributed by atoms with E-state index < -0.39 is 30.2 Å². The maximum absolute atomic E-state index is 14.1. The fourth-order valence-corrected chi connectivity index (χ4v) is 6.79. The summed E-state index contributed by atoms with van der Waals surface area (Å²) in [5, 5.41) is 5.90. The SMILES string of the molecule is CC[C@H](C)[C@@H]([C@@H](CC(=O)N1CCCC1[C@H](OC)[C@@H](C)C(=O)NCCn1ccnc1)OC)N(C)C(=O)C(NC(=O)c1ccc(N)cc1)C(C)C. The van der Waals surface area contributed by atoms with Gasteiger partial charge in [0.25, 0.3) is 5.91 Å². The summed E-state index contributed by atoms with van der Waals surface area (Å²) < 4.78 is 13.7. The van der Waals surface area contributed by atoms with E-state index in [4.69, 9.17) is 15.2 Å². The van der Waals surface area contributed by atoms with Gasteiger partial charge in [0.05, 0.1) is 43.0 Å². The second-order valence-corrected chi connectivity index (χ2v) is 13.5. The molecule has 13 nitrogen and oxygen atoms in total. The van der Waals surface area contributed by atoms with Crippen LogP contribution >= 0.6 is 0 Å². The molecule has 4 amide bonds. The Labute approximate surface area is 291 Å². The Morgan fingerprint density at radius 1 is 1.08 bits per heavy atom. The highest BCUT2D eigenvalue weighted by molar-refractivity contribution is 5.98. The molecule has 1 aliphatic heterocycles. The van der Waals surface area contributed by atoms with Crippen molar-refractivity contribution in [2.24, 2.45) is 17.8 Å². The van der Waals surface area contributed by atoms with Crippen molar-refractivity contribution in [2.45, 2.75) is 97.2 Å². The maximum atomic E-state index is 14.1. The Balaban J connectivity index is 1.73. The third kappa shape index (κ3) is 10.3. The molecule has 272 valence electrons. The molecule has 49 heavy (non-hydrogen) atoms. The average molecular weight is 684 g/mol. The summed E-state index contributed by atoms with van der Waals surface area (Å²) >= 11 is 0. The standard InChI is InChI=1S/C36H57N7O6/c1-9-24(4)32(41(6)36(47)31(23(2)3)40-35(46)26-12-14-27(37)15-13-26)29(48-7)21-30(44)43-18-10-11-28(43)33(49-8)25(5)34(45)39-17-20-42-19-16-38-22-42/h12-16,19,22-25,28-29,31-33H,9-11,17-18,20-21,37H2,1-8H3,(H,39,45)(H,40,46)/t24-,25+,28?,29+,31?,32-,33+/m0/s1. The van der Waals surface area contributed by atoms with Gasteiger partial charge >= 0.3 is 0 Å². The molecule has 2 unspecified atom stereocenters. The van der Waals surface area contributed by atoms with Crippen LogP contribution in [0.15, 0.2) is 43.0 Å². The highest BCUT2D eigenvalue weighted by atomic mass is 16.5. The molecule has 1 aromatic heterocycles. The van der Waals surface area contributed by atoms with Gasteiger partial charge in [-0.2, -0.15) is 0 Å². The number of carbonyl (C=O) groups is 4. The number of hydrogen-bond donors (Lipinski definition) is 3. The molecule has 2 aromatic rings. The number of anilines is 1. The monoisotopic (exact) mass is 683 g/mol. The number of nitrogens with two attached hydrogens (primary N) is 1. The number of benzene rings is 1. The fourth-order valence-electron chi connectivity index (χ4n) is 6.79. The number of carbonyl (C=O) groups excluding carboxylic acids is 4. The molecule has 0 radical (unpaired) electrons. The molecular formula is C36H57N7O6. The normalized spacial score (nSPS) is 18.3. The molecule has 0 bridgehead atoms. The first-order valence-corrected chi connectivity index (χ1v) is 17.4. The van der Waals surface area contributed by atoms with E-state index in [1.54, 1.807) is 63.0 Å². The summed E-state index contributed by atoms with van der Waals surface area (Å²) in [7, 11) is 4.85. The van der Waals surface area contributed by atoms with Gasteiger partial charge in [0.2, 0.25) is 17.7 Å². The van der Waals surface area contributed by atoms with Crippen molar-refractivity contribution in [3.8, 4) is 0 Å². The van der Waals surface area contributed by atoms with Crippen molar-refractivity contribution in [3.63, 3.8) is 0 Å². The first kappa shape index (κ1) is 39.5. The zero-order valence-electron chi connectivity index (χ0n) is 30.4. The van der Waals surface area contributed by atoms with Crippen molar-refractivity contribution >= 4 is 29.3 Å². The summed E-state index contributed by atoms with van der Waals surface area (Å²) in [6.07, 6.45) is 6.43. The van der Waals surface area contributed by atoms with Gasteiger partial charge in [0.1, 0.15) is 6.04 Å². The van der Waals surface area contributed by atoms with Crippen LogP contribution in [-0.2, 0) is 30.4 Å². The van der Waals surface area contributed by atoms with Crippen LogP contribution in [0.4, 0.5) is 5.69 Å². The molecule has 1 fully saturated rings. The van der Waals surface area contributed by atoms with Crippen molar-refractivity contribution < 1.29 is 28.7 Å². The first-order chi connectivity index (χ1) is 23.3. The Hall–Kier alpha value is -3.97. The molecule has 7 atom stereocenters. The van der Waals surface area contributed by atoms with Crippen LogP contribution in [0.5, 0.6) is 0 Å². The Bertz CT molecular complexity index is 1350. The van der Waals surface area contributed by atoms with Gasteiger partial charge in [-0.1, -0.05) is 41.0 Å². The molecule has 4 N–H and O–H groups in total. The largest absolute Gasteiger partial charge is 0.399 e. The molecule has 3 rings (SSSR count). The number of hydrogen-bond acceptors (Lipinski definition) is 8. The minimum absolute atomic E-state index is 0.0144. The second kappa shape index (κ2) is 18.7. The summed E-state index contributed by atoms with van der Waals surface area (Å²) in [6, 6.07) is 5.02. The minimum atomic E-state index is -0.798. The lowest BCUT2D eigenvalue weighted by atomic mass is 9.89. The third-order valence-corrected chi connectivity index (χ3v) is 9.88. The number of rotatable bonds is 18. The molecule has 0 saturated carbocycles. The number of ether oxygens (including phenoxy) is 2. The molecule has 0 aliphatic carbocycles. The van der Waals surface area contributed by atoms with E-state index in [1.165, 1.54) is 0 Å². The number of nitrogen functional groups attached to an aromatic ring is 1. The number of likely N-dealkylation sites (tertiary alicyclic amines) is 1. The van der Waals surface area contributed by atoms with Gasteiger partial charge < -0.3 is 40.2 Å². The van der Waals surface area contributed by atoms with Gasteiger partial charge in [0.15, 0.2) is 0 Å².